The topological polar surface area (TPSA) is 74.6 Å². The Bertz CT molecular complexity index is 548. The first-order valence-electron chi connectivity index (χ1n) is 7.14. The van der Waals surface area contributed by atoms with E-state index in [0.29, 0.717) is 6.33 Å². The van der Waals surface area contributed by atoms with Crippen LogP contribution in [0.1, 0.15) is 27.7 Å². The van der Waals surface area contributed by atoms with Crippen molar-refractivity contribution in [1.29, 1.82) is 0 Å². The van der Waals surface area contributed by atoms with Crippen molar-refractivity contribution in [3.63, 3.8) is 0 Å². The third kappa shape index (κ3) is 3.95. The molecule has 23 heavy (non-hydrogen) atoms. The molecule has 2 aliphatic rings. The van der Waals surface area contributed by atoms with E-state index in [9.17, 15) is 22.8 Å². The molecule has 0 aromatic carbocycles. The Hall–Kier alpha value is -1.79. The third-order valence-corrected chi connectivity index (χ3v) is 4.94. The van der Waals surface area contributed by atoms with Crippen molar-refractivity contribution in [2.45, 2.75) is 27.7 Å². The average molecular weight is 334 g/mol. The summed E-state index contributed by atoms with van der Waals surface area (Å²) in [5.41, 5.74) is -0.788. The summed E-state index contributed by atoms with van der Waals surface area (Å²) in [6.07, 6.45) is 0.684. The number of allylic oxidation sites excluding steroid dienone is 2. The molecule has 0 heterocycles. The molecule has 0 bridgehead atoms. The maximum atomic E-state index is 11.8. The number of rotatable bonds is 4. The standard InChI is InChI=1S/C8H10F2O2.C8H11FO2/c1-8(2)4(3-5(9)10)6(8)7(11)12;1-8(2)5(3-4-9)6(8)7(10)11/h3-4,6H,1-2H3,(H,11,12);3-6H,1-2H3,(H,10,11)/t4-,6-;5-,6+/m10/s1. The molecule has 0 unspecified atom stereocenters. The van der Waals surface area contributed by atoms with E-state index in [1.165, 1.54) is 6.08 Å². The lowest BCUT2D eigenvalue weighted by molar-refractivity contribution is -0.140. The second-order valence-corrected chi connectivity index (χ2v) is 7.10. The van der Waals surface area contributed by atoms with Crippen molar-refractivity contribution < 1.29 is 33.0 Å². The Morgan fingerprint density at radius 1 is 0.913 bits per heavy atom. The van der Waals surface area contributed by atoms with Gasteiger partial charge in [0.1, 0.15) is 0 Å². The molecule has 0 aromatic rings. The van der Waals surface area contributed by atoms with Crippen LogP contribution in [0.4, 0.5) is 13.2 Å². The highest BCUT2D eigenvalue weighted by Gasteiger charge is 2.61. The lowest BCUT2D eigenvalue weighted by atomic mass is 10.1. The average Bonchev–Trinajstić information content (AvgIpc) is 3.10. The molecular weight excluding hydrogens is 313 g/mol. The van der Waals surface area contributed by atoms with Crippen molar-refractivity contribution in [2.24, 2.45) is 34.5 Å². The van der Waals surface area contributed by atoms with Crippen LogP contribution in [0.15, 0.2) is 24.6 Å². The number of hydrogen-bond acceptors (Lipinski definition) is 2. The van der Waals surface area contributed by atoms with Crippen LogP contribution in [0.2, 0.25) is 0 Å². The Balaban J connectivity index is 0.000000231. The molecule has 2 saturated carbocycles. The van der Waals surface area contributed by atoms with Crippen LogP contribution in [-0.4, -0.2) is 22.2 Å². The van der Waals surface area contributed by atoms with Gasteiger partial charge in [-0.2, -0.15) is 8.78 Å². The molecule has 0 aliphatic heterocycles. The molecular formula is C16H21F3O4. The van der Waals surface area contributed by atoms with Crippen LogP contribution in [0.25, 0.3) is 0 Å². The molecule has 0 radical (unpaired) electrons. The Morgan fingerprint density at radius 3 is 1.57 bits per heavy atom. The van der Waals surface area contributed by atoms with Gasteiger partial charge in [-0.15, -0.1) is 0 Å². The largest absolute Gasteiger partial charge is 0.481 e. The zero-order chi connectivity index (χ0) is 18.2. The Kier molecular flexibility index (Phi) is 5.34. The number of halogens is 3. The summed E-state index contributed by atoms with van der Waals surface area (Å²) in [7, 11) is 0. The van der Waals surface area contributed by atoms with E-state index >= 15 is 0 Å². The van der Waals surface area contributed by atoms with Gasteiger partial charge in [0.25, 0.3) is 6.08 Å². The zero-order valence-electron chi connectivity index (χ0n) is 13.4. The van der Waals surface area contributed by atoms with E-state index in [1.54, 1.807) is 13.8 Å². The summed E-state index contributed by atoms with van der Waals surface area (Å²) in [5.74, 6) is -3.54. The normalized spacial score (nSPS) is 32.5. The highest BCUT2D eigenvalue weighted by atomic mass is 19.3. The number of carbonyl (C=O) groups is 2. The molecule has 2 aliphatic carbocycles. The summed E-state index contributed by atoms with van der Waals surface area (Å²) < 4.78 is 35.2. The lowest BCUT2D eigenvalue weighted by Gasteiger charge is -1.95. The Morgan fingerprint density at radius 2 is 1.30 bits per heavy atom. The number of aliphatic carboxylic acids is 2. The first kappa shape index (κ1) is 19.3. The van der Waals surface area contributed by atoms with Crippen LogP contribution < -0.4 is 0 Å². The van der Waals surface area contributed by atoms with Crippen LogP contribution in [-0.2, 0) is 9.59 Å². The van der Waals surface area contributed by atoms with Gasteiger partial charge in [-0.05, 0) is 22.8 Å². The minimum absolute atomic E-state index is 0.134. The quantitative estimate of drug-likeness (QED) is 0.816. The monoisotopic (exact) mass is 334 g/mol. The predicted molar refractivity (Wildman–Crippen MR) is 77.3 cm³/mol. The van der Waals surface area contributed by atoms with Gasteiger partial charge < -0.3 is 10.2 Å². The lowest BCUT2D eigenvalue weighted by Crippen LogP contribution is -2.02. The number of carboxylic acid groups (broad SMARTS) is 2. The molecule has 0 spiro atoms. The fourth-order valence-corrected chi connectivity index (χ4v) is 3.18. The second kappa shape index (κ2) is 6.37. The van der Waals surface area contributed by atoms with E-state index < -0.39 is 41.2 Å². The van der Waals surface area contributed by atoms with Crippen molar-refractivity contribution in [3.8, 4) is 0 Å². The summed E-state index contributed by atoms with van der Waals surface area (Å²) in [4.78, 5) is 21.0. The van der Waals surface area contributed by atoms with Gasteiger partial charge >= 0.3 is 11.9 Å². The second-order valence-electron chi connectivity index (χ2n) is 7.10. The van der Waals surface area contributed by atoms with Crippen molar-refractivity contribution in [3.05, 3.63) is 24.6 Å². The number of hydrogen-bond donors (Lipinski definition) is 2. The molecule has 0 saturated heterocycles. The first-order chi connectivity index (χ1) is 10.4. The molecule has 4 atom stereocenters. The van der Waals surface area contributed by atoms with Gasteiger partial charge in [-0.25, -0.2) is 4.39 Å². The molecule has 0 aromatic heterocycles. The third-order valence-electron chi connectivity index (χ3n) is 4.94. The number of carboxylic acids is 2. The van der Waals surface area contributed by atoms with E-state index in [-0.39, 0.29) is 11.3 Å². The first-order valence-corrected chi connectivity index (χ1v) is 7.14. The molecule has 2 N–H and O–H groups in total. The van der Waals surface area contributed by atoms with Gasteiger partial charge in [0.15, 0.2) is 0 Å². The molecule has 2 fully saturated rings. The summed E-state index contributed by atoms with van der Waals surface area (Å²) in [5, 5.41) is 17.2. The van der Waals surface area contributed by atoms with Gasteiger partial charge in [-0.3, -0.25) is 9.59 Å². The van der Waals surface area contributed by atoms with Crippen LogP contribution >= 0.6 is 0 Å². The predicted octanol–water partition coefficient (Wildman–Crippen LogP) is 3.95. The smallest absolute Gasteiger partial charge is 0.307 e. The maximum Gasteiger partial charge on any atom is 0.307 e. The van der Waals surface area contributed by atoms with Crippen molar-refractivity contribution >= 4 is 11.9 Å². The maximum absolute atomic E-state index is 11.8. The van der Waals surface area contributed by atoms with Gasteiger partial charge in [0, 0.05) is 5.92 Å². The van der Waals surface area contributed by atoms with Gasteiger partial charge in [0.05, 0.1) is 18.2 Å². The van der Waals surface area contributed by atoms with E-state index in [1.807, 2.05) is 13.8 Å². The SMILES string of the molecule is CC1(C)[C@@H](C=CF)[C@@H]1C(=O)O.CC1(C)[C@H](C=C(F)F)[C@@H]1C(=O)O. The fourth-order valence-electron chi connectivity index (χ4n) is 3.18. The highest BCUT2D eigenvalue weighted by Crippen LogP contribution is 2.59. The molecule has 0 amide bonds. The fraction of sp³-hybridized carbons (Fsp3) is 0.625. The summed E-state index contributed by atoms with van der Waals surface area (Å²) in [6.45, 7) is 7.01. The van der Waals surface area contributed by atoms with Crippen molar-refractivity contribution in [1.82, 2.24) is 0 Å². The molecule has 2 rings (SSSR count). The van der Waals surface area contributed by atoms with Gasteiger partial charge in [-0.1, -0.05) is 33.8 Å². The van der Waals surface area contributed by atoms with Crippen molar-refractivity contribution in [2.75, 3.05) is 0 Å². The van der Waals surface area contributed by atoms with Gasteiger partial charge in [0.2, 0.25) is 0 Å². The van der Waals surface area contributed by atoms with Crippen LogP contribution in [0.3, 0.4) is 0 Å². The minimum Gasteiger partial charge on any atom is -0.481 e. The summed E-state index contributed by atoms with van der Waals surface area (Å²) >= 11 is 0. The summed E-state index contributed by atoms with van der Waals surface area (Å²) in [6, 6.07) is 0. The zero-order valence-corrected chi connectivity index (χ0v) is 13.4. The van der Waals surface area contributed by atoms with Crippen LogP contribution in [0, 0.1) is 34.5 Å². The Labute approximate surface area is 132 Å². The van der Waals surface area contributed by atoms with E-state index in [2.05, 4.69) is 0 Å². The van der Waals surface area contributed by atoms with E-state index in [0.717, 1.165) is 6.08 Å². The van der Waals surface area contributed by atoms with Crippen LogP contribution in [0.5, 0.6) is 0 Å². The van der Waals surface area contributed by atoms with E-state index in [4.69, 9.17) is 10.2 Å². The minimum atomic E-state index is -1.79. The molecule has 130 valence electrons. The molecule has 4 nitrogen and oxygen atoms in total. The highest BCUT2D eigenvalue weighted by molar-refractivity contribution is 5.76. The molecule has 7 heteroatoms.